The molecule has 0 radical (unpaired) electrons. The SMILES string of the molecule is O=S(=O)([O-])C(O)c1ccc(CO)o1.[Na+]. The number of furan rings is 1. The molecule has 0 aliphatic heterocycles. The van der Waals surface area contributed by atoms with Gasteiger partial charge in [-0.2, -0.15) is 0 Å². The Bertz CT molecular complexity index is 383. The molecule has 1 atom stereocenters. The Morgan fingerprint density at radius 3 is 2.43 bits per heavy atom. The number of hydrogen-bond acceptors (Lipinski definition) is 6. The van der Waals surface area contributed by atoms with Gasteiger partial charge in [-0.15, -0.1) is 0 Å². The third-order valence-corrected chi connectivity index (χ3v) is 2.13. The first-order valence-electron chi connectivity index (χ1n) is 3.27. The van der Waals surface area contributed by atoms with Crippen LogP contribution in [0.1, 0.15) is 17.0 Å². The third-order valence-electron chi connectivity index (χ3n) is 1.36. The Morgan fingerprint density at radius 2 is 2.07 bits per heavy atom. The van der Waals surface area contributed by atoms with Crippen molar-refractivity contribution in [3.8, 4) is 0 Å². The molecule has 0 spiro atoms. The van der Waals surface area contributed by atoms with E-state index in [0.29, 0.717) is 0 Å². The fourth-order valence-corrected chi connectivity index (χ4v) is 1.17. The Kier molecular flexibility index (Phi) is 5.31. The smallest absolute Gasteiger partial charge is 0.746 e. The molecule has 0 aromatic carbocycles. The average molecular weight is 230 g/mol. The van der Waals surface area contributed by atoms with Crippen LogP contribution < -0.4 is 29.6 Å². The van der Waals surface area contributed by atoms with Gasteiger partial charge in [-0.05, 0) is 12.1 Å². The van der Waals surface area contributed by atoms with Gasteiger partial charge in [0.05, 0.1) is 0 Å². The van der Waals surface area contributed by atoms with Crippen LogP contribution in [0.4, 0.5) is 0 Å². The van der Waals surface area contributed by atoms with E-state index in [-0.39, 0.29) is 41.1 Å². The van der Waals surface area contributed by atoms with Gasteiger partial charge in [0.1, 0.15) is 28.2 Å². The minimum Gasteiger partial charge on any atom is -0.746 e. The first-order chi connectivity index (χ1) is 5.95. The Hall–Kier alpha value is 0.110. The van der Waals surface area contributed by atoms with E-state index in [0.717, 1.165) is 6.07 Å². The number of aliphatic hydroxyl groups excluding tert-OH is 2. The van der Waals surface area contributed by atoms with Crippen molar-refractivity contribution < 1.29 is 57.2 Å². The van der Waals surface area contributed by atoms with Crippen LogP contribution in [0.15, 0.2) is 16.5 Å². The second-order valence-corrected chi connectivity index (χ2v) is 3.74. The minimum atomic E-state index is -4.82. The molecule has 8 heteroatoms. The molecule has 2 N–H and O–H groups in total. The summed E-state index contributed by atoms with van der Waals surface area (Å²) < 4.78 is 35.5. The molecule has 0 bridgehead atoms. The van der Waals surface area contributed by atoms with E-state index in [2.05, 4.69) is 4.42 Å². The largest absolute Gasteiger partial charge is 1.00 e. The summed E-state index contributed by atoms with van der Waals surface area (Å²) in [5.41, 5.74) is -2.22. The van der Waals surface area contributed by atoms with Gasteiger partial charge in [0.2, 0.25) is 5.44 Å². The van der Waals surface area contributed by atoms with E-state index in [9.17, 15) is 13.0 Å². The molecule has 0 aliphatic carbocycles. The Morgan fingerprint density at radius 1 is 1.50 bits per heavy atom. The van der Waals surface area contributed by atoms with Crippen molar-refractivity contribution in [1.29, 1.82) is 0 Å². The average Bonchev–Trinajstić information content (AvgIpc) is 2.48. The second-order valence-electron chi connectivity index (χ2n) is 2.31. The Balaban J connectivity index is 0.00000169. The molecule has 0 saturated heterocycles. The van der Waals surface area contributed by atoms with Crippen LogP contribution in [0.3, 0.4) is 0 Å². The van der Waals surface area contributed by atoms with Gasteiger partial charge in [-0.3, -0.25) is 0 Å². The topological polar surface area (TPSA) is 111 Å². The summed E-state index contributed by atoms with van der Waals surface area (Å²) in [5.74, 6) is -0.309. The van der Waals surface area contributed by atoms with Crippen LogP contribution in [0.5, 0.6) is 0 Å². The number of aliphatic hydroxyl groups is 2. The quantitative estimate of drug-likeness (QED) is 0.408. The van der Waals surface area contributed by atoms with E-state index in [1.807, 2.05) is 0 Å². The van der Waals surface area contributed by atoms with Crippen LogP contribution in [0.2, 0.25) is 0 Å². The Labute approximate surface area is 103 Å². The van der Waals surface area contributed by atoms with E-state index >= 15 is 0 Å². The van der Waals surface area contributed by atoms with E-state index in [1.165, 1.54) is 6.07 Å². The summed E-state index contributed by atoms with van der Waals surface area (Å²) in [4.78, 5) is 0. The maximum atomic E-state index is 10.3. The first-order valence-corrected chi connectivity index (χ1v) is 4.74. The summed E-state index contributed by atoms with van der Waals surface area (Å²) in [5, 5.41) is 17.4. The van der Waals surface area contributed by atoms with Crippen LogP contribution in [0, 0.1) is 0 Å². The summed E-state index contributed by atoms with van der Waals surface area (Å²) in [6, 6.07) is 2.38. The summed E-state index contributed by atoms with van der Waals surface area (Å²) in [6.07, 6.45) is 0. The van der Waals surface area contributed by atoms with Crippen molar-refractivity contribution in [2.75, 3.05) is 0 Å². The molecule has 6 nitrogen and oxygen atoms in total. The third kappa shape index (κ3) is 3.35. The molecule has 74 valence electrons. The molecule has 14 heavy (non-hydrogen) atoms. The maximum absolute atomic E-state index is 10.3. The van der Waals surface area contributed by atoms with Crippen molar-refractivity contribution in [2.24, 2.45) is 0 Å². The molecule has 1 heterocycles. The predicted octanol–water partition coefficient (Wildman–Crippen LogP) is -3.69. The van der Waals surface area contributed by atoms with Crippen LogP contribution >= 0.6 is 0 Å². The zero-order valence-corrected chi connectivity index (χ0v) is 10.2. The molecule has 0 aliphatic rings. The molecular formula is C6H7NaO6S. The molecule has 1 rings (SSSR count). The van der Waals surface area contributed by atoms with Crippen molar-refractivity contribution >= 4 is 10.1 Å². The molecule has 0 saturated carbocycles. The second kappa shape index (κ2) is 5.26. The standard InChI is InChI=1S/C6H8O6S.Na/c7-3-4-1-2-5(12-4)6(8)13(9,10)11;/h1-2,6-8H,3H2,(H,9,10,11);/q;+1/p-1. The van der Waals surface area contributed by atoms with Crippen molar-refractivity contribution in [2.45, 2.75) is 12.0 Å². The fourth-order valence-electron chi connectivity index (χ4n) is 0.754. The van der Waals surface area contributed by atoms with Crippen molar-refractivity contribution in [3.05, 3.63) is 23.7 Å². The molecule has 1 unspecified atom stereocenters. The van der Waals surface area contributed by atoms with Gasteiger partial charge in [0.15, 0.2) is 0 Å². The zero-order chi connectivity index (χ0) is 10.1. The molecule has 1 aromatic rings. The summed E-state index contributed by atoms with van der Waals surface area (Å²) in [6.45, 7) is -0.425. The number of hydrogen-bond donors (Lipinski definition) is 2. The number of rotatable bonds is 3. The van der Waals surface area contributed by atoms with Crippen LogP contribution in [0.25, 0.3) is 0 Å². The summed E-state index contributed by atoms with van der Waals surface area (Å²) >= 11 is 0. The molecule has 0 fully saturated rings. The minimum absolute atomic E-state index is 0. The first kappa shape index (κ1) is 14.1. The van der Waals surface area contributed by atoms with Gasteiger partial charge in [0, 0.05) is 0 Å². The maximum Gasteiger partial charge on any atom is 1.00 e. The monoisotopic (exact) mass is 230 g/mol. The zero-order valence-electron chi connectivity index (χ0n) is 7.37. The molecular weight excluding hydrogens is 223 g/mol. The molecule has 0 amide bonds. The van der Waals surface area contributed by atoms with Crippen LogP contribution in [-0.2, 0) is 16.7 Å². The van der Waals surface area contributed by atoms with Gasteiger partial charge in [-0.25, -0.2) is 8.42 Å². The van der Waals surface area contributed by atoms with Crippen molar-refractivity contribution in [1.82, 2.24) is 0 Å². The van der Waals surface area contributed by atoms with E-state index in [1.54, 1.807) is 0 Å². The summed E-state index contributed by atoms with van der Waals surface area (Å²) in [7, 11) is -4.82. The predicted molar refractivity (Wildman–Crippen MR) is 39.3 cm³/mol. The van der Waals surface area contributed by atoms with Crippen LogP contribution in [-0.4, -0.2) is 23.2 Å². The molecule has 1 aromatic heterocycles. The van der Waals surface area contributed by atoms with Gasteiger partial charge in [0.25, 0.3) is 0 Å². The normalized spacial score (nSPS) is 13.4. The van der Waals surface area contributed by atoms with Gasteiger partial charge >= 0.3 is 29.6 Å². The van der Waals surface area contributed by atoms with E-state index < -0.39 is 22.2 Å². The van der Waals surface area contributed by atoms with Gasteiger partial charge in [-0.1, -0.05) is 0 Å². The van der Waals surface area contributed by atoms with Crippen molar-refractivity contribution in [3.63, 3.8) is 0 Å². The van der Waals surface area contributed by atoms with Gasteiger partial charge < -0.3 is 19.2 Å². The fraction of sp³-hybridized carbons (Fsp3) is 0.333. The van der Waals surface area contributed by atoms with E-state index in [4.69, 9.17) is 10.2 Å².